The molecule has 0 radical (unpaired) electrons. The van der Waals surface area contributed by atoms with Gasteiger partial charge in [0.15, 0.2) is 11.4 Å². The van der Waals surface area contributed by atoms with Gasteiger partial charge in [0, 0.05) is 23.6 Å². The van der Waals surface area contributed by atoms with Crippen LogP contribution in [0.3, 0.4) is 0 Å². The lowest BCUT2D eigenvalue weighted by atomic mass is 10.0. The third-order valence-corrected chi connectivity index (χ3v) is 6.54. The molecule has 184 valence electrons. The van der Waals surface area contributed by atoms with Crippen molar-refractivity contribution in [3.8, 4) is 22.8 Å². The number of imidazole rings is 1. The van der Waals surface area contributed by atoms with Crippen LogP contribution in [0.25, 0.3) is 22.3 Å². The first-order chi connectivity index (χ1) is 16.6. The molecular weight excluding hydrogens is 475 g/mol. The molecular formula is C24H25FN4O5S. The van der Waals surface area contributed by atoms with Crippen LogP contribution in [0.4, 0.5) is 4.39 Å². The number of hydrogen-bond acceptors (Lipinski definition) is 7. The molecule has 0 saturated heterocycles. The summed E-state index contributed by atoms with van der Waals surface area (Å²) in [6.45, 7) is 3.85. The number of aromatic amines is 1. The van der Waals surface area contributed by atoms with E-state index in [2.05, 4.69) is 15.0 Å². The average molecular weight is 501 g/mol. The molecule has 0 saturated carbocycles. The molecule has 3 heterocycles. The smallest absolute Gasteiger partial charge is 0.328 e. The fraction of sp³-hybridized carbons (Fsp3) is 0.292. The number of sulfone groups is 1. The van der Waals surface area contributed by atoms with E-state index in [4.69, 9.17) is 9.47 Å². The van der Waals surface area contributed by atoms with E-state index < -0.39 is 33.1 Å². The number of methoxy groups -OCH3 is 1. The minimum Gasteiger partial charge on any atom is -0.491 e. The summed E-state index contributed by atoms with van der Waals surface area (Å²) in [5, 5.41) is 0. The minimum absolute atomic E-state index is 0.185. The summed E-state index contributed by atoms with van der Waals surface area (Å²) in [5.74, 6) is -0.256. The van der Waals surface area contributed by atoms with Crippen molar-refractivity contribution in [2.45, 2.75) is 19.9 Å². The third-order valence-electron chi connectivity index (χ3n) is 5.62. The topological polar surface area (TPSA) is 116 Å². The van der Waals surface area contributed by atoms with Crippen LogP contribution in [-0.4, -0.2) is 53.7 Å². The molecule has 0 fully saturated rings. The molecule has 0 amide bonds. The zero-order valence-corrected chi connectivity index (χ0v) is 20.5. The lowest BCUT2D eigenvalue weighted by Crippen LogP contribution is -2.29. The van der Waals surface area contributed by atoms with Gasteiger partial charge in [-0.15, -0.1) is 0 Å². The Bertz CT molecular complexity index is 1560. The summed E-state index contributed by atoms with van der Waals surface area (Å²) in [7, 11) is -2.08. The first-order valence-electron chi connectivity index (χ1n) is 10.8. The Morgan fingerprint density at radius 3 is 2.57 bits per heavy atom. The number of benzene rings is 1. The molecule has 0 aliphatic heterocycles. The highest BCUT2D eigenvalue weighted by Crippen LogP contribution is 2.32. The van der Waals surface area contributed by atoms with Gasteiger partial charge in [-0.25, -0.2) is 27.6 Å². The van der Waals surface area contributed by atoms with Crippen molar-refractivity contribution in [3.05, 3.63) is 70.2 Å². The molecule has 0 aliphatic carbocycles. The Labute approximate surface area is 201 Å². The first-order valence-corrected chi connectivity index (χ1v) is 12.9. The van der Waals surface area contributed by atoms with E-state index in [-0.39, 0.29) is 11.5 Å². The van der Waals surface area contributed by atoms with Crippen molar-refractivity contribution in [3.63, 3.8) is 0 Å². The molecule has 11 heteroatoms. The summed E-state index contributed by atoms with van der Waals surface area (Å²) in [4.78, 5) is 24.8. The number of aromatic nitrogens is 4. The maximum Gasteiger partial charge on any atom is 0.328 e. The molecule has 0 spiro atoms. The zero-order chi connectivity index (χ0) is 25.3. The molecule has 1 aromatic carbocycles. The van der Waals surface area contributed by atoms with Crippen LogP contribution in [0.2, 0.25) is 0 Å². The van der Waals surface area contributed by atoms with Crippen LogP contribution in [0.1, 0.15) is 24.2 Å². The van der Waals surface area contributed by atoms with Crippen molar-refractivity contribution >= 4 is 21.0 Å². The number of ether oxygens (including phenoxy) is 2. The molecule has 3 aromatic heterocycles. The van der Waals surface area contributed by atoms with Gasteiger partial charge in [0.05, 0.1) is 36.7 Å². The second-order valence-electron chi connectivity index (χ2n) is 8.06. The van der Waals surface area contributed by atoms with E-state index in [1.165, 1.54) is 23.9 Å². The van der Waals surface area contributed by atoms with Gasteiger partial charge in [0.1, 0.15) is 15.7 Å². The number of pyridine rings is 2. The Kier molecular flexibility index (Phi) is 6.62. The summed E-state index contributed by atoms with van der Waals surface area (Å²) >= 11 is 0. The minimum atomic E-state index is -3.55. The SMILES string of the molecule is CCOc1nc([C@@H](CS(C)(=O)=O)n2c(=O)[nH]c3c(C)c(-c4ccccc4F)cnc32)ccc1OC. The summed E-state index contributed by atoms with van der Waals surface area (Å²) in [6, 6.07) is 8.47. The quantitative estimate of drug-likeness (QED) is 0.395. The standard InChI is InChI=1S/C24H25FN4O5S/c1-5-34-23-20(33-3)11-10-18(27-23)19(13-35(4,31)32)29-22-21(28-24(29)30)14(2)16(12-26-22)15-8-6-7-9-17(15)25/h6-12,19H,5,13H2,1-4H3,(H,28,30)/t19-/m1/s1. The Morgan fingerprint density at radius 2 is 1.91 bits per heavy atom. The Hall–Kier alpha value is -3.73. The number of fused-ring (bicyclic) bond motifs is 1. The summed E-state index contributed by atoms with van der Waals surface area (Å²) in [6.07, 6.45) is 2.56. The largest absolute Gasteiger partial charge is 0.491 e. The Morgan fingerprint density at radius 1 is 1.17 bits per heavy atom. The maximum atomic E-state index is 14.4. The molecule has 1 N–H and O–H groups in total. The van der Waals surface area contributed by atoms with Crippen molar-refractivity contribution in [2.24, 2.45) is 0 Å². The number of rotatable bonds is 8. The predicted octanol–water partition coefficient (Wildman–Crippen LogP) is 3.28. The molecule has 0 bridgehead atoms. The first kappa shape index (κ1) is 24.4. The molecule has 4 aromatic rings. The Balaban J connectivity index is 1.94. The number of aryl methyl sites for hydroxylation is 1. The van der Waals surface area contributed by atoms with E-state index in [9.17, 15) is 17.6 Å². The number of nitrogens with zero attached hydrogens (tertiary/aromatic N) is 3. The van der Waals surface area contributed by atoms with Crippen molar-refractivity contribution in [2.75, 3.05) is 25.7 Å². The van der Waals surface area contributed by atoms with Gasteiger partial charge in [0.25, 0.3) is 5.88 Å². The van der Waals surface area contributed by atoms with E-state index in [0.717, 1.165) is 6.26 Å². The van der Waals surface area contributed by atoms with E-state index >= 15 is 0 Å². The van der Waals surface area contributed by atoms with Crippen LogP contribution in [0, 0.1) is 12.7 Å². The number of halogens is 1. The number of H-pyrrole nitrogens is 1. The van der Waals surface area contributed by atoms with Crippen LogP contribution < -0.4 is 15.2 Å². The molecule has 0 aliphatic rings. The average Bonchev–Trinajstić information content (AvgIpc) is 3.15. The fourth-order valence-corrected chi connectivity index (χ4v) is 4.92. The van der Waals surface area contributed by atoms with Crippen LogP contribution >= 0.6 is 0 Å². The molecule has 4 rings (SSSR count). The highest BCUT2D eigenvalue weighted by Gasteiger charge is 2.27. The maximum absolute atomic E-state index is 14.4. The lowest BCUT2D eigenvalue weighted by molar-refractivity contribution is 0.296. The van der Waals surface area contributed by atoms with Crippen molar-refractivity contribution in [1.29, 1.82) is 0 Å². The van der Waals surface area contributed by atoms with Gasteiger partial charge < -0.3 is 14.5 Å². The van der Waals surface area contributed by atoms with E-state index in [1.807, 2.05) is 0 Å². The van der Waals surface area contributed by atoms with Crippen molar-refractivity contribution in [1.82, 2.24) is 19.5 Å². The number of nitrogens with one attached hydrogen (secondary N) is 1. The molecule has 9 nitrogen and oxygen atoms in total. The lowest BCUT2D eigenvalue weighted by Gasteiger charge is -2.19. The normalized spacial score (nSPS) is 12.6. The predicted molar refractivity (Wildman–Crippen MR) is 130 cm³/mol. The van der Waals surface area contributed by atoms with Crippen LogP contribution in [0.15, 0.2) is 47.4 Å². The zero-order valence-electron chi connectivity index (χ0n) is 19.7. The van der Waals surface area contributed by atoms with E-state index in [0.29, 0.717) is 40.3 Å². The number of hydrogen-bond donors (Lipinski definition) is 1. The second kappa shape index (κ2) is 9.49. The van der Waals surface area contributed by atoms with Gasteiger partial charge in [-0.1, -0.05) is 18.2 Å². The second-order valence-corrected chi connectivity index (χ2v) is 10.2. The molecule has 1 atom stereocenters. The highest BCUT2D eigenvalue weighted by atomic mass is 32.2. The van der Waals surface area contributed by atoms with E-state index in [1.54, 1.807) is 44.2 Å². The van der Waals surface area contributed by atoms with Gasteiger partial charge in [0.2, 0.25) is 0 Å². The van der Waals surface area contributed by atoms with Gasteiger partial charge in [-0.2, -0.15) is 0 Å². The fourth-order valence-electron chi connectivity index (χ4n) is 4.03. The third kappa shape index (κ3) is 4.76. The summed E-state index contributed by atoms with van der Waals surface area (Å²) < 4.78 is 51.2. The summed E-state index contributed by atoms with van der Waals surface area (Å²) in [5.41, 5.74) is 1.81. The van der Waals surface area contributed by atoms with Gasteiger partial charge in [-0.3, -0.25) is 4.57 Å². The van der Waals surface area contributed by atoms with Gasteiger partial charge >= 0.3 is 5.69 Å². The monoisotopic (exact) mass is 500 g/mol. The van der Waals surface area contributed by atoms with Crippen LogP contribution in [-0.2, 0) is 9.84 Å². The molecule has 35 heavy (non-hydrogen) atoms. The molecule has 0 unspecified atom stereocenters. The van der Waals surface area contributed by atoms with Gasteiger partial charge in [-0.05, 0) is 37.6 Å². The highest BCUT2D eigenvalue weighted by molar-refractivity contribution is 7.90. The van der Waals surface area contributed by atoms with Crippen LogP contribution in [0.5, 0.6) is 11.6 Å². The van der Waals surface area contributed by atoms with Crippen molar-refractivity contribution < 1.29 is 22.3 Å².